The van der Waals surface area contributed by atoms with Gasteiger partial charge < -0.3 is 19.1 Å². The van der Waals surface area contributed by atoms with Crippen molar-refractivity contribution in [3.05, 3.63) is 47.3 Å². The molecule has 0 amide bonds. The SMILES string of the molecule is COCc1cc(COc2ccc(C(=O)O)cc2)no1. The predicted octanol–water partition coefficient (Wildman–Crippen LogP) is 2.10. The first-order valence-corrected chi connectivity index (χ1v) is 5.58. The lowest BCUT2D eigenvalue weighted by Gasteiger charge is -2.03. The quantitative estimate of drug-likeness (QED) is 0.859. The number of carbonyl (C=O) groups is 1. The van der Waals surface area contributed by atoms with E-state index in [2.05, 4.69) is 5.16 Å². The molecule has 6 nitrogen and oxygen atoms in total. The maximum absolute atomic E-state index is 10.7. The molecule has 0 aliphatic rings. The number of carboxylic acid groups (broad SMARTS) is 1. The van der Waals surface area contributed by atoms with Gasteiger partial charge in [0, 0.05) is 13.2 Å². The van der Waals surface area contributed by atoms with Gasteiger partial charge in [0.25, 0.3) is 0 Å². The number of hydrogen-bond acceptors (Lipinski definition) is 5. The average Bonchev–Trinajstić information content (AvgIpc) is 2.85. The highest BCUT2D eigenvalue weighted by atomic mass is 16.5. The van der Waals surface area contributed by atoms with Gasteiger partial charge in [0.2, 0.25) is 0 Å². The van der Waals surface area contributed by atoms with Crippen LogP contribution in [-0.4, -0.2) is 23.3 Å². The molecule has 100 valence electrons. The van der Waals surface area contributed by atoms with Gasteiger partial charge in [0.15, 0.2) is 5.76 Å². The molecular formula is C13H13NO5. The summed E-state index contributed by atoms with van der Waals surface area (Å²) in [5.74, 6) is 0.232. The highest BCUT2D eigenvalue weighted by Gasteiger charge is 2.06. The van der Waals surface area contributed by atoms with Crippen molar-refractivity contribution in [3.63, 3.8) is 0 Å². The second-order valence-electron chi connectivity index (χ2n) is 3.84. The first kappa shape index (κ1) is 13.1. The standard InChI is InChI=1S/C13H13NO5/c1-17-8-12-6-10(14-19-12)7-18-11-4-2-9(3-5-11)13(15)16/h2-6H,7-8H2,1H3,(H,15,16). The molecule has 0 bridgehead atoms. The van der Waals surface area contributed by atoms with E-state index in [-0.39, 0.29) is 12.2 Å². The summed E-state index contributed by atoms with van der Waals surface area (Å²) in [6, 6.07) is 7.90. The zero-order chi connectivity index (χ0) is 13.7. The lowest BCUT2D eigenvalue weighted by atomic mass is 10.2. The van der Waals surface area contributed by atoms with Crippen molar-refractivity contribution < 1.29 is 23.9 Å². The first-order chi connectivity index (χ1) is 9.19. The van der Waals surface area contributed by atoms with Gasteiger partial charge in [0.1, 0.15) is 24.7 Å². The molecule has 0 unspecified atom stereocenters. The van der Waals surface area contributed by atoms with E-state index in [0.29, 0.717) is 23.8 Å². The molecule has 0 aliphatic carbocycles. The van der Waals surface area contributed by atoms with Gasteiger partial charge in [-0.15, -0.1) is 0 Å². The molecule has 0 fully saturated rings. The number of benzene rings is 1. The molecule has 2 aromatic rings. The van der Waals surface area contributed by atoms with Crippen LogP contribution >= 0.6 is 0 Å². The number of aromatic carboxylic acids is 1. The molecule has 0 aliphatic heterocycles. The molecule has 1 aromatic heterocycles. The highest BCUT2D eigenvalue weighted by molar-refractivity contribution is 5.87. The Labute approximate surface area is 109 Å². The van der Waals surface area contributed by atoms with Crippen LogP contribution in [0.4, 0.5) is 0 Å². The fraction of sp³-hybridized carbons (Fsp3) is 0.231. The Balaban J connectivity index is 1.92. The van der Waals surface area contributed by atoms with Crippen molar-refractivity contribution in [3.8, 4) is 5.75 Å². The van der Waals surface area contributed by atoms with E-state index in [0.717, 1.165) is 0 Å². The monoisotopic (exact) mass is 263 g/mol. The summed E-state index contributed by atoms with van der Waals surface area (Å²) in [6.45, 7) is 0.611. The maximum Gasteiger partial charge on any atom is 0.335 e. The largest absolute Gasteiger partial charge is 0.487 e. The molecule has 0 saturated carbocycles. The minimum absolute atomic E-state index is 0.219. The van der Waals surface area contributed by atoms with Crippen molar-refractivity contribution in [2.45, 2.75) is 13.2 Å². The Hall–Kier alpha value is -2.34. The van der Waals surface area contributed by atoms with E-state index in [9.17, 15) is 4.79 Å². The van der Waals surface area contributed by atoms with Gasteiger partial charge in [-0.1, -0.05) is 5.16 Å². The fourth-order valence-electron chi connectivity index (χ4n) is 1.49. The van der Waals surface area contributed by atoms with Crippen LogP contribution in [0.25, 0.3) is 0 Å². The van der Waals surface area contributed by atoms with Crippen molar-refractivity contribution in [2.75, 3.05) is 7.11 Å². The molecule has 2 rings (SSSR count). The Morgan fingerprint density at radius 3 is 2.68 bits per heavy atom. The summed E-state index contributed by atoms with van der Waals surface area (Å²) >= 11 is 0. The van der Waals surface area contributed by atoms with E-state index < -0.39 is 5.97 Å². The molecular weight excluding hydrogens is 250 g/mol. The molecule has 0 saturated heterocycles. The molecule has 1 aromatic carbocycles. The van der Waals surface area contributed by atoms with Crippen molar-refractivity contribution in [2.24, 2.45) is 0 Å². The minimum atomic E-state index is -0.966. The zero-order valence-corrected chi connectivity index (χ0v) is 10.3. The van der Waals surface area contributed by atoms with Gasteiger partial charge >= 0.3 is 5.97 Å². The maximum atomic E-state index is 10.7. The van der Waals surface area contributed by atoms with Crippen LogP contribution in [0.15, 0.2) is 34.9 Å². The second-order valence-corrected chi connectivity index (χ2v) is 3.84. The van der Waals surface area contributed by atoms with Gasteiger partial charge in [-0.3, -0.25) is 0 Å². The number of ether oxygens (including phenoxy) is 2. The van der Waals surface area contributed by atoms with Crippen LogP contribution in [0.2, 0.25) is 0 Å². The van der Waals surface area contributed by atoms with E-state index in [1.165, 1.54) is 12.1 Å². The van der Waals surface area contributed by atoms with Gasteiger partial charge in [-0.25, -0.2) is 4.79 Å². The number of nitrogens with zero attached hydrogens (tertiary/aromatic N) is 1. The van der Waals surface area contributed by atoms with Gasteiger partial charge in [0.05, 0.1) is 5.56 Å². The smallest absolute Gasteiger partial charge is 0.335 e. The summed E-state index contributed by atoms with van der Waals surface area (Å²) in [6.07, 6.45) is 0. The van der Waals surface area contributed by atoms with Crippen molar-refractivity contribution in [1.29, 1.82) is 0 Å². The molecule has 19 heavy (non-hydrogen) atoms. The number of carboxylic acids is 1. The normalized spacial score (nSPS) is 10.4. The van der Waals surface area contributed by atoms with Crippen molar-refractivity contribution in [1.82, 2.24) is 5.16 Å². The number of rotatable bonds is 6. The van der Waals surface area contributed by atoms with Crippen molar-refractivity contribution >= 4 is 5.97 Å². The zero-order valence-electron chi connectivity index (χ0n) is 10.3. The lowest BCUT2D eigenvalue weighted by molar-refractivity contribution is 0.0697. The van der Waals surface area contributed by atoms with E-state index in [1.807, 2.05) is 0 Å². The van der Waals surface area contributed by atoms with E-state index >= 15 is 0 Å². The third-order valence-corrected chi connectivity index (χ3v) is 2.38. The fourth-order valence-corrected chi connectivity index (χ4v) is 1.49. The third kappa shape index (κ3) is 3.56. The lowest BCUT2D eigenvalue weighted by Crippen LogP contribution is -1.98. The summed E-state index contributed by atoms with van der Waals surface area (Å²) in [4.78, 5) is 10.7. The Morgan fingerprint density at radius 1 is 1.32 bits per heavy atom. The van der Waals surface area contributed by atoms with Crippen LogP contribution in [0, 0.1) is 0 Å². The summed E-state index contributed by atoms with van der Waals surface area (Å²) in [5.41, 5.74) is 0.866. The minimum Gasteiger partial charge on any atom is -0.487 e. The number of hydrogen-bond donors (Lipinski definition) is 1. The highest BCUT2D eigenvalue weighted by Crippen LogP contribution is 2.14. The van der Waals surface area contributed by atoms with Crippen LogP contribution in [-0.2, 0) is 18.0 Å². The topological polar surface area (TPSA) is 81.8 Å². The average molecular weight is 263 g/mol. The summed E-state index contributed by atoms with van der Waals surface area (Å²) < 4.78 is 15.4. The van der Waals surface area contributed by atoms with E-state index in [4.69, 9.17) is 19.1 Å². The van der Waals surface area contributed by atoms with Gasteiger partial charge in [-0.2, -0.15) is 0 Å². The first-order valence-electron chi connectivity index (χ1n) is 5.58. The van der Waals surface area contributed by atoms with Gasteiger partial charge in [-0.05, 0) is 24.3 Å². The van der Waals surface area contributed by atoms with E-state index in [1.54, 1.807) is 25.3 Å². The van der Waals surface area contributed by atoms with Crippen LogP contribution < -0.4 is 4.74 Å². The van der Waals surface area contributed by atoms with Crippen LogP contribution in [0.3, 0.4) is 0 Å². The Morgan fingerprint density at radius 2 is 2.05 bits per heavy atom. The third-order valence-electron chi connectivity index (χ3n) is 2.38. The summed E-state index contributed by atoms with van der Waals surface area (Å²) in [7, 11) is 1.57. The molecule has 1 heterocycles. The van der Waals surface area contributed by atoms with Crippen LogP contribution in [0.1, 0.15) is 21.8 Å². The number of methoxy groups -OCH3 is 1. The molecule has 0 radical (unpaired) electrons. The Bertz CT molecular complexity index is 546. The Kier molecular flexibility index (Phi) is 4.15. The molecule has 0 atom stereocenters. The predicted molar refractivity (Wildman–Crippen MR) is 64.9 cm³/mol. The summed E-state index contributed by atoms with van der Waals surface area (Å²) in [5, 5.41) is 12.6. The second kappa shape index (κ2) is 6.01. The molecule has 0 spiro atoms. The molecule has 6 heteroatoms. The number of aromatic nitrogens is 1. The molecule has 1 N–H and O–H groups in total. The van der Waals surface area contributed by atoms with Crippen LogP contribution in [0.5, 0.6) is 5.75 Å².